The lowest BCUT2D eigenvalue weighted by molar-refractivity contribution is -0.116. The second-order valence-corrected chi connectivity index (χ2v) is 11.8. The Hall–Kier alpha value is -2.31. The number of sulfonamides is 2. The van der Waals surface area contributed by atoms with Gasteiger partial charge in [-0.15, -0.1) is 0 Å². The molecule has 1 N–H and O–H groups in total. The fourth-order valence-corrected chi connectivity index (χ4v) is 6.68. The van der Waals surface area contributed by atoms with Crippen molar-refractivity contribution in [1.82, 2.24) is 8.61 Å². The minimum atomic E-state index is -4.09. The van der Waals surface area contributed by atoms with Crippen LogP contribution in [-0.2, 0) is 29.6 Å². The summed E-state index contributed by atoms with van der Waals surface area (Å²) in [7, 11) is -7.80. The maximum Gasteiger partial charge on any atom is 0.243 e. The molecule has 11 heteroatoms. The Kier molecular flexibility index (Phi) is 8.83. The number of para-hydroxylation sites is 1. The van der Waals surface area contributed by atoms with Gasteiger partial charge in [0.15, 0.2) is 0 Å². The summed E-state index contributed by atoms with van der Waals surface area (Å²) in [6.07, 6.45) is 1.22. The normalized spacial score (nSPS) is 16.8. The number of rotatable bonds is 11. The SMILES string of the molecule is CCN(CC)S(=O)(=O)c1ccc(S(=O)(=O)N(CC(=O)Nc2ccccc2)C[C@H]2CCCO2)cc1. The molecule has 0 saturated carbocycles. The van der Waals surface area contributed by atoms with Gasteiger partial charge in [-0.05, 0) is 49.2 Å². The van der Waals surface area contributed by atoms with Gasteiger partial charge in [0.05, 0.1) is 22.4 Å². The molecule has 3 rings (SSSR count). The number of benzene rings is 2. The zero-order valence-corrected chi connectivity index (χ0v) is 21.0. The summed E-state index contributed by atoms with van der Waals surface area (Å²) in [4.78, 5) is 12.6. The first-order chi connectivity index (χ1) is 16.2. The summed E-state index contributed by atoms with van der Waals surface area (Å²) in [5.41, 5.74) is 0.563. The molecule has 1 atom stereocenters. The second kappa shape index (κ2) is 11.4. The van der Waals surface area contributed by atoms with E-state index in [0.29, 0.717) is 31.8 Å². The number of carbonyl (C=O) groups excluding carboxylic acids is 1. The van der Waals surface area contributed by atoms with E-state index in [1.807, 2.05) is 6.07 Å². The number of hydrogen-bond donors (Lipinski definition) is 1. The average Bonchev–Trinajstić information content (AvgIpc) is 3.33. The molecular formula is C23H31N3O6S2. The quantitative estimate of drug-likeness (QED) is 0.498. The van der Waals surface area contributed by atoms with Gasteiger partial charge in [0, 0.05) is 31.9 Å². The largest absolute Gasteiger partial charge is 0.377 e. The van der Waals surface area contributed by atoms with Crippen LogP contribution in [0.3, 0.4) is 0 Å². The maximum atomic E-state index is 13.4. The average molecular weight is 510 g/mol. The van der Waals surface area contributed by atoms with Gasteiger partial charge in [-0.1, -0.05) is 32.0 Å². The van der Waals surface area contributed by atoms with Crippen molar-refractivity contribution in [3.05, 3.63) is 54.6 Å². The summed E-state index contributed by atoms with van der Waals surface area (Å²) in [5.74, 6) is -0.478. The molecule has 0 spiro atoms. The van der Waals surface area contributed by atoms with Crippen LogP contribution in [0, 0.1) is 0 Å². The molecule has 0 aromatic heterocycles. The van der Waals surface area contributed by atoms with Crippen LogP contribution < -0.4 is 5.32 Å². The van der Waals surface area contributed by atoms with Gasteiger partial charge < -0.3 is 10.1 Å². The highest BCUT2D eigenvalue weighted by molar-refractivity contribution is 7.89. The molecule has 1 aliphatic rings. The molecule has 1 saturated heterocycles. The van der Waals surface area contributed by atoms with Crippen molar-refractivity contribution in [2.75, 3.05) is 38.1 Å². The molecule has 1 heterocycles. The van der Waals surface area contributed by atoms with Gasteiger partial charge in [-0.3, -0.25) is 4.79 Å². The van der Waals surface area contributed by atoms with E-state index in [0.717, 1.165) is 10.7 Å². The number of nitrogens with zero attached hydrogens (tertiary/aromatic N) is 2. The Bertz CT molecular complexity index is 1160. The van der Waals surface area contributed by atoms with Crippen LogP contribution in [0.25, 0.3) is 0 Å². The number of ether oxygens (including phenoxy) is 1. The number of carbonyl (C=O) groups is 1. The lowest BCUT2D eigenvalue weighted by Crippen LogP contribution is -2.42. The molecule has 9 nitrogen and oxygen atoms in total. The first-order valence-electron chi connectivity index (χ1n) is 11.2. The molecule has 34 heavy (non-hydrogen) atoms. The smallest absolute Gasteiger partial charge is 0.243 e. The molecule has 186 valence electrons. The summed E-state index contributed by atoms with van der Waals surface area (Å²) >= 11 is 0. The first-order valence-corrected chi connectivity index (χ1v) is 14.1. The molecule has 1 amide bonds. The third kappa shape index (κ3) is 6.22. The molecule has 1 fully saturated rings. The molecule has 2 aromatic carbocycles. The minimum Gasteiger partial charge on any atom is -0.377 e. The molecular weight excluding hydrogens is 478 g/mol. The maximum absolute atomic E-state index is 13.4. The number of hydrogen-bond acceptors (Lipinski definition) is 6. The first kappa shape index (κ1) is 26.3. The third-order valence-corrected chi connectivity index (χ3v) is 9.50. The summed E-state index contributed by atoms with van der Waals surface area (Å²) < 4.78 is 60.4. The van der Waals surface area contributed by atoms with Gasteiger partial charge in [0.25, 0.3) is 0 Å². The second-order valence-electron chi connectivity index (χ2n) is 7.91. The van der Waals surface area contributed by atoms with Crippen molar-refractivity contribution in [3.63, 3.8) is 0 Å². The van der Waals surface area contributed by atoms with Crippen molar-refractivity contribution in [2.24, 2.45) is 0 Å². The van der Waals surface area contributed by atoms with Gasteiger partial charge in [-0.2, -0.15) is 8.61 Å². The molecule has 0 radical (unpaired) electrons. The Balaban J connectivity index is 1.84. The van der Waals surface area contributed by atoms with Crippen molar-refractivity contribution in [3.8, 4) is 0 Å². The van der Waals surface area contributed by atoms with Crippen LogP contribution in [0.1, 0.15) is 26.7 Å². The highest BCUT2D eigenvalue weighted by atomic mass is 32.2. The molecule has 1 aliphatic heterocycles. The number of amides is 1. The van der Waals surface area contributed by atoms with Crippen LogP contribution >= 0.6 is 0 Å². The van der Waals surface area contributed by atoms with E-state index in [-0.39, 0.29) is 22.4 Å². The monoisotopic (exact) mass is 509 g/mol. The van der Waals surface area contributed by atoms with Crippen LogP contribution in [0.15, 0.2) is 64.4 Å². The zero-order chi connectivity index (χ0) is 24.8. The van der Waals surface area contributed by atoms with Crippen LogP contribution in [0.2, 0.25) is 0 Å². The molecule has 2 aromatic rings. The van der Waals surface area contributed by atoms with Crippen molar-refractivity contribution in [2.45, 2.75) is 42.6 Å². The fraction of sp³-hybridized carbons (Fsp3) is 0.435. The third-order valence-electron chi connectivity index (χ3n) is 5.61. The van der Waals surface area contributed by atoms with E-state index in [1.165, 1.54) is 28.6 Å². The van der Waals surface area contributed by atoms with Gasteiger partial charge >= 0.3 is 0 Å². The molecule has 0 bridgehead atoms. The van der Waals surface area contributed by atoms with Crippen molar-refractivity contribution < 1.29 is 26.4 Å². The highest BCUT2D eigenvalue weighted by Gasteiger charge is 2.31. The predicted molar refractivity (Wildman–Crippen MR) is 129 cm³/mol. The fourth-order valence-electron chi connectivity index (χ4n) is 3.79. The Morgan fingerprint density at radius 1 is 0.912 bits per heavy atom. The van der Waals surface area contributed by atoms with E-state index in [1.54, 1.807) is 38.1 Å². The summed E-state index contributed by atoms with van der Waals surface area (Å²) in [5, 5.41) is 2.70. The Morgan fingerprint density at radius 2 is 1.47 bits per heavy atom. The van der Waals surface area contributed by atoms with E-state index in [4.69, 9.17) is 4.74 Å². The van der Waals surface area contributed by atoms with Gasteiger partial charge in [0.2, 0.25) is 26.0 Å². The van der Waals surface area contributed by atoms with Crippen LogP contribution in [0.5, 0.6) is 0 Å². The Labute approximate surface area is 201 Å². The van der Waals surface area contributed by atoms with Crippen LogP contribution in [-0.4, -0.2) is 70.2 Å². The van der Waals surface area contributed by atoms with Crippen LogP contribution in [0.4, 0.5) is 5.69 Å². The number of nitrogens with one attached hydrogen (secondary N) is 1. The van der Waals surface area contributed by atoms with E-state index < -0.39 is 32.5 Å². The number of anilines is 1. The lowest BCUT2D eigenvalue weighted by Gasteiger charge is -2.24. The standard InChI is InChI=1S/C23H31N3O6S2/c1-3-25(4-2)33(28,29)21-12-14-22(15-13-21)34(30,31)26(17-20-11-8-16-32-20)18-23(27)24-19-9-6-5-7-10-19/h5-7,9-10,12-15,20H,3-4,8,11,16-18H2,1-2H3,(H,24,27)/t20-/m1/s1. The van der Waals surface area contributed by atoms with E-state index >= 15 is 0 Å². The van der Waals surface area contributed by atoms with E-state index in [2.05, 4.69) is 5.32 Å². The van der Waals surface area contributed by atoms with Crippen molar-refractivity contribution >= 4 is 31.6 Å². The molecule has 0 aliphatic carbocycles. The van der Waals surface area contributed by atoms with Gasteiger partial charge in [0.1, 0.15) is 0 Å². The van der Waals surface area contributed by atoms with Gasteiger partial charge in [-0.25, -0.2) is 16.8 Å². The minimum absolute atomic E-state index is 0.0163. The lowest BCUT2D eigenvalue weighted by atomic mass is 10.2. The molecule has 0 unspecified atom stereocenters. The highest BCUT2D eigenvalue weighted by Crippen LogP contribution is 2.23. The topological polar surface area (TPSA) is 113 Å². The zero-order valence-electron chi connectivity index (χ0n) is 19.4. The summed E-state index contributed by atoms with van der Waals surface area (Å²) in [6.45, 7) is 4.29. The van der Waals surface area contributed by atoms with E-state index in [9.17, 15) is 21.6 Å². The Morgan fingerprint density at radius 3 is 1.97 bits per heavy atom. The van der Waals surface area contributed by atoms with Crippen molar-refractivity contribution in [1.29, 1.82) is 0 Å². The summed E-state index contributed by atoms with van der Waals surface area (Å²) in [6, 6.07) is 13.9. The predicted octanol–water partition coefficient (Wildman–Crippen LogP) is 2.53.